The smallest absolute Gasteiger partial charge is 0.0923 e. The number of hydrogen-bond donors (Lipinski definition) is 0. The van der Waals surface area contributed by atoms with Gasteiger partial charge in [0.25, 0.3) is 0 Å². The van der Waals surface area contributed by atoms with Crippen LogP contribution in [0.1, 0.15) is 19.9 Å². The molecule has 0 saturated heterocycles. The van der Waals surface area contributed by atoms with Crippen molar-refractivity contribution in [2.45, 2.75) is 19.9 Å². The van der Waals surface area contributed by atoms with Gasteiger partial charge in [-0.05, 0) is 31.5 Å². The molecule has 0 radical (unpaired) electrons. The molecule has 3 aromatic rings. The third-order valence-electron chi connectivity index (χ3n) is 3.33. The molecule has 0 spiro atoms. The van der Waals surface area contributed by atoms with Crippen molar-refractivity contribution in [1.82, 2.24) is 19.6 Å². The van der Waals surface area contributed by atoms with Gasteiger partial charge in [0.05, 0.1) is 11.9 Å². The predicted molar refractivity (Wildman–Crippen MR) is 80.3 cm³/mol. The highest BCUT2D eigenvalue weighted by atomic mass is 15.3. The van der Waals surface area contributed by atoms with Crippen molar-refractivity contribution in [1.29, 1.82) is 0 Å². The molecule has 2 aromatic heterocycles. The average Bonchev–Trinajstić information content (AvgIpc) is 3.07. The molecule has 0 aliphatic carbocycles. The molecule has 0 fully saturated rings. The molecule has 4 heteroatoms. The summed E-state index contributed by atoms with van der Waals surface area (Å²) in [6.07, 6.45) is 5.93. The van der Waals surface area contributed by atoms with Crippen LogP contribution < -0.4 is 0 Å². The van der Waals surface area contributed by atoms with Crippen LogP contribution >= 0.6 is 0 Å². The van der Waals surface area contributed by atoms with Gasteiger partial charge in [0.15, 0.2) is 0 Å². The second-order valence-electron chi connectivity index (χ2n) is 5.26. The summed E-state index contributed by atoms with van der Waals surface area (Å²) < 4.78 is 3.79. The topological polar surface area (TPSA) is 35.6 Å². The average molecular weight is 266 g/mol. The van der Waals surface area contributed by atoms with E-state index in [1.807, 2.05) is 35.0 Å². The van der Waals surface area contributed by atoms with Gasteiger partial charge in [-0.2, -0.15) is 10.2 Å². The molecule has 102 valence electrons. The van der Waals surface area contributed by atoms with Gasteiger partial charge in [0, 0.05) is 36.6 Å². The molecule has 0 bridgehead atoms. The summed E-state index contributed by atoms with van der Waals surface area (Å²) in [6, 6.07) is 10.8. The molecule has 0 atom stereocenters. The Morgan fingerprint density at radius 2 is 1.85 bits per heavy atom. The Balaban J connectivity index is 1.98. The largest absolute Gasteiger partial charge is 0.275 e. The summed E-state index contributed by atoms with van der Waals surface area (Å²) in [5.74, 6) is 0. The van der Waals surface area contributed by atoms with Crippen molar-refractivity contribution < 1.29 is 0 Å². The van der Waals surface area contributed by atoms with E-state index in [1.165, 1.54) is 0 Å². The van der Waals surface area contributed by atoms with Gasteiger partial charge in [-0.25, -0.2) is 0 Å². The molecule has 0 N–H and O–H groups in total. The summed E-state index contributed by atoms with van der Waals surface area (Å²) >= 11 is 0. The highest BCUT2D eigenvalue weighted by Crippen LogP contribution is 2.25. The lowest BCUT2D eigenvalue weighted by atomic mass is 10.0. The minimum Gasteiger partial charge on any atom is -0.275 e. The molecule has 4 nitrogen and oxygen atoms in total. The lowest BCUT2D eigenvalue weighted by Crippen LogP contribution is -2.00. The monoisotopic (exact) mass is 266 g/mol. The molecule has 0 aliphatic rings. The quantitative estimate of drug-likeness (QED) is 0.727. The van der Waals surface area contributed by atoms with Crippen LogP contribution in [0, 0.1) is 0 Å². The summed E-state index contributed by atoms with van der Waals surface area (Å²) in [7, 11) is 1.93. The van der Waals surface area contributed by atoms with E-state index in [1.54, 1.807) is 0 Å². The Hall–Kier alpha value is -2.36. The third-order valence-corrected chi connectivity index (χ3v) is 3.33. The molecule has 0 amide bonds. The molecule has 2 heterocycles. The molecule has 1 aromatic carbocycles. The van der Waals surface area contributed by atoms with Crippen LogP contribution in [0.2, 0.25) is 0 Å². The first-order valence-electron chi connectivity index (χ1n) is 6.78. The zero-order chi connectivity index (χ0) is 14.1. The number of nitrogens with zero attached hydrogens (tertiary/aromatic N) is 4. The summed E-state index contributed by atoms with van der Waals surface area (Å²) in [5.41, 5.74) is 4.42. The minimum atomic E-state index is 0.380. The van der Waals surface area contributed by atoms with Crippen LogP contribution in [-0.2, 0) is 7.05 Å². The first-order valence-corrected chi connectivity index (χ1v) is 6.78. The van der Waals surface area contributed by atoms with Crippen LogP contribution in [0.25, 0.3) is 22.4 Å². The van der Waals surface area contributed by atoms with Gasteiger partial charge >= 0.3 is 0 Å². The van der Waals surface area contributed by atoms with Gasteiger partial charge in [-0.1, -0.05) is 18.2 Å². The number of hydrogen-bond acceptors (Lipinski definition) is 2. The highest BCUT2D eigenvalue weighted by Gasteiger charge is 2.07. The zero-order valence-corrected chi connectivity index (χ0v) is 12.0. The predicted octanol–water partition coefficient (Wildman–Crippen LogP) is 3.53. The fourth-order valence-electron chi connectivity index (χ4n) is 2.21. The maximum Gasteiger partial charge on any atom is 0.0923 e. The van der Waals surface area contributed by atoms with Crippen molar-refractivity contribution in [3.05, 3.63) is 48.9 Å². The molecular formula is C16H18N4. The first-order chi connectivity index (χ1) is 9.63. The molecule has 0 unspecified atom stereocenters. The van der Waals surface area contributed by atoms with Crippen LogP contribution in [-0.4, -0.2) is 19.6 Å². The Kier molecular flexibility index (Phi) is 3.14. The zero-order valence-electron chi connectivity index (χ0n) is 12.0. The fraction of sp³-hybridized carbons (Fsp3) is 0.250. The second-order valence-corrected chi connectivity index (χ2v) is 5.26. The Labute approximate surface area is 118 Å². The van der Waals surface area contributed by atoms with E-state index in [4.69, 9.17) is 0 Å². The lowest BCUT2D eigenvalue weighted by Gasteiger charge is -2.04. The summed E-state index contributed by atoms with van der Waals surface area (Å²) in [6.45, 7) is 4.26. The maximum absolute atomic E-state index is 4.62. The Morgan fingerprint density at radius 1 is 1.05 bits per heavy atom. The van der Waals surface area contributed by atoms with Crippen molar-refractivity contribution in [2.75, 3.05) is 0 Å². The van der Waals surface area contributed by atoms with Crippen molar-refractivity contribution in [3.63, 3.8) is 0 Å². The van der Waals surface area contributed by atoms with E-state index < -0.39 is 0 Å². The SMILES string of the molecule is CC(C)n1ccc(-c2cccc(-c3cnn(C)c3)c2)n1. The highest BCUT2D eigenvalue weighted by molar-refractivity contribution is 5.70. The van der Waals surface area contributed by atoms with E-state index in [0.29, 0.717) is 6.04 Å². The van der Waals surface area contributed by atoms with Crippen molar-refractivity contribution >= 4 is 0 Å². The normalized spacial score (nSPS) is 11.2. The van der Waals surface area contributed by atoms with Crippen LogP contribution in [0.15, 0.2) is 48.9 Å². The van der Waals surface area contributed by atoms with E-state index in [9.17, 15) is 0 Å². The molecule has 20 heavy (non-hydrogen) atoms. The number of aryl methyl sites for hydroxylation is 1. The second kappa shape index (κ2) is 4.96. The van der Waals surface area contributed by atoms with Crippen LogP contribution in [0.5, 0.6) is 0 Å². The van der Waals surface area contributed by atoms with Gasteiger partial charge < -0.3 is 0 Å². The van der Waals surface area contributed by atoms with Gasteiger partial charge in [-0.3, -0.25) is 9.36 Å². The van der Waals surface area contributed by atoms with Crippen molar-refractivity contribution in [2.24, 2.45) is 7.05 Å². The van der Waals surface area contributed by atoms with E-state index in [2.05, 4.69) is 54.4 Å². The number of benzene rings is 1. The minimum absolute atomic E-state index is 0.380. The standard InChI is InChI=1S/C16H18N4/c1-12(2)20-8-7-16(18-20)14-6-4-5-13(9-14)15-10-17-19(3)11-15/h4-12H,1-3H3. The lowest BCUT2D eigenvalue weighted by molar-refractivity contribution is 0.534. The van der Waals surface area contributed by atoms with Gasteiger partial charge in [0.1, 0.15) is 0 Å². The fourth-order valence-corrected chi connectivity index (χ4v) is 2.21. The van der Waals surface area contributed by atoms with Gasteiger partial charge in [0.2, 0.25) is 0 Å². The molecule has 3 rings (SSSR count). The molecule has 0 saturated carbocycles. The van der Waals surface area contributed by atoms with Crippen LogP contribution in [0.3, 0.4) is 0 Å². The van der Waals surface area contributed by atoms with E-state index >= 15 is 0 Å². The summed E-state index contributed by atoms with van der Waals surface area (Å²) in [5, 5.41) is 8.84. The molecular weight excluding hydrogens is 248 g/mol. The number of aromatic nitrogens is 4. The Bertz CT molecular complexity index is 721. The maximum atomic E-state index is 4.62. The summed E-state index contributed by atoms with van der Waals surface area (Å²) in [4.78, 5) is 0. The van der Waals surface area contributed by atoms with Gasteiger partial charge in [-0.15, -0.1) is 0 Å². The Morgan fingerprint density at radius 3 is 2.50 bits per heavy atom. The molecule has 0 aliphatic heterocycles. The van der Waals surface area contributed by atoms with Crippen molar-refractivity contribution in [3.8, 4) is 22.4 Å². The third kappa shape index (κ3) is 2.37. The van der Waals surface area contributed by atoms with E-state index in [-0.39, 0.29) is 0 Å². The van der Waals surface area contributed by atoms with E-state index in [0.717, 1.165) is 22.4 Å². The first kappa shape index (κ1) is 12.7. The number of rotatable bonds is 3. The van der Waals surface area contributed by atoms with Crippen LogP contribution in [0.4, 0.5) is 0 Å².